The van der Waals surface area contributed by atoms with Crippen molar-refractivity contribution in [3.63, 3.8) is 0 Å². The number of benzene rings is 8. The second kappa shape index (κ2) is 12.8. The summed E-state index contributed by atoms with van der Waals surface area (Å²) in [5.41, 5.74) is 7.99. The fourth-order valence-electron chi connectivity index (χ4n) is 8.60. The fourth-order valence-corrected chi connectivity index (χ4v) is 8.60. The van der Waals surface area contributed by atoms with Crippen molar-refractivity contribution in [2.45, 2.75) is 0 Å². The third kappa shape index (κ3) is 4.97. The molecule has 0 radical (unpaired) electrons. The molecule has 0 aliphatic carbocycles. The molecular formula is C52H30N6O. The van der Waals surface area contributed by atoms with Gasteiger partial charge in [0.1, 0.15) is 17.2 Å². The molecule has 274 valence electrons. The molecular weight excluding hydrogens is 725 g/mol. The van der Waals surface area contributed by atoms with Gasteiger partial charge in [0.2, 0.25) is 0 Å². The highest BCUT2D eigenvalue weighted by molar-refractivity contribution is 6.26. The molecule has 0 bridgehead atoms. The van der Waals surface area contributed by atoms with E-state index in [2.05, 4.69) is 69.8 Å². The first-order chi connectivity index (χ1) is 31.3. The predicted octanol–water partition coefficient (Wildman–Crippen LogP) is 12.8. The van der Waals surface area contributed by atoms with Crippen LogP contribution in [0.2, 0.25) is 0 Å². The van der Waals surface area contributed by atoms with Crippen molar-refractivity contribution < 1.29 is 11.3 Å². The van der Waals surface area contributed by atoms with Crippen LogP contribution in [0.5, 0.6) is 0 Å². The Hall–Kier alpha value is -8.34. The van der Waals surface area contributed by atoms with Crippen molar-refractivity contribution >= 4 is 65.6 Å². The van der Waals surface area contributed by atoms with Gasteiger partial charge in [0.05, 0.1) is 45.7 Å². The van der Waals surface area contributed by atoms with Gasteiger partial charge < -0.3 is 13.6 Å². The van der Waals surface area contributed by atoms with Crippen LogP contribution in [-0.4, -0.2) is 24.1 Å². The van der Waals surface area contributed by atoms with E-state index < -0.39 is 30.2 Å². The lowest BCUT2D eigenvalue weighted by Gasteiger charge is -2.13. The summed E-state index contributed by atoms with van der Waals surface area (Å²) in [5.74, 6) is 0.185. The Balaban J connectivity index is 1.12. The lowest BCUT2D eigenvalue weighted by Crippen LogP contribution is -2.02. The number of nitriles is 1. The lowest BCUT2D eigenvalue weighted by atomic mass is 10.1. The normalized spacial score (nSPS) is 12.9. The summed E-state index contributed by atoms with van der Waals surface area (Å²) in [7, 11) is 0. The smallest absolute Gasteiger partial charge is 0.167 e. The summed E-state index contributed by atoms with van der Waals surface area (Å²) < 4.78 is 53.7. The summed E-state index contributed by atoms with van der Waals surface area (Å²) in [6.07, 6.45) is 0. The van der Waals surface area contributed by atoms with Gasteiger partial charge in [-0.3, -0.25) is 0 Å². The molecule has 0 N–H and O–H groups in total. The minimum atomic E-state index is -0.526. The maximum absolute atomic E-state index is 11.0. The summed E-state index contributed by atoms with van der Waals surface area (Å²) in [6.45, 7) is 0. The highest BCUT2D eigenvalue weighted by atomic mass is 16.3. The number of rotatable bonds is 5. The Morgan fingerprint density at radius 1 is 0.525 bits per heavy atom. The summed E-state index contributed by atoms with van der Waals surface area (Å²) in [4.78, 5) is 14.5. The van der Waals surface area contributed by atoms with Crippen molar-refractivity contribution in [2.75, 3.05) is 0 Å². The van der Waals surface area contributed by atoms with Crippen LogP contribution in [0.25, 0.3) is 111 Å². The van der Waals surface area contributed by atoms with Gasteiger partial charge >= 0.3 is 0 Å². The van der Waals surface area contributed by atoms with Gasteiger partial charge in [-0.2, -0.15) is 5.26 Å². The zero-order valence-electron chi connectivity index (χ0n) is 36.0. The van der Waals surface area contributed by atoms with E-state index in [0.717, 1.165) is 60.1 Å². The molecule has 4 heterocycles. The standard InChI is InChI=1S/C52H30N6O/c53-31-34-30-33(51-54-50(32-14-3-1-4-15-32)55-52(56-51)41-22-13-21-39-37-19-9-12-25-46(37)59-49(39)41)26-28-42(34)58-43-23-10-7-18-36(43)38-27-29-45-47(48(38)58)40-20-8-11-24-44(40)57(45)35-16-5-2-6-17-35/h1-30H/i1D,3D,4D,14D,15D. The average Bonchev–Trinajstić information content (AvgIpc) is 4.00. The molecule has 0 saturated carbocycles. The van der Waals surface area contributed by atoms with Gasteiger partial charge in [0.15, 0.2) is 17.5 Å². The zero-order chi connectivity index (χ0) is 43.4. The van der Waals surface area contributed by atoms with Crippen molar-refractivity contribution in [3.8, 4) is 51.6 Å². The van der Waals surface area contributed by atoms with E-state index in [1.807, 2.05) is 91.0 Å². The summed E-state index contributed by atoms with van der Waals surface area (Å²) >= 11 is 0. The SMILES string of the molecule is [2H]c1c([2H])c([2H])c(-c2nc(-c3ccc(-n4c5ccccc5c5ccc6c(c7ccccc7n6-c6ccccc6)c54)c(C#N)c3)nc(-c3cccc4c3oc3ccccc34)n2)c([2H])c1[2H]. The number of aromatic nitrogens is 5. The van der Waals surface area contributed by atoms with Crippen LogP contribution in [-0.2, 0) is 0 Å². The maximum Gasteiger partial charge on any atom is 0.167 e. The molecule has 12 rings (SSSR count). The first-order valence-electron chi connectivity index (χ1n) is 21.6. The minimum absolute atomic E-state index is 0.118. The zero-order valence-corrected chi connectivity index (χ0v) is 31.0. The third-order valence-electron chi connectivity index (χ3n) is 11.1. The minimum Gasteiger partial charge on any atom is -0.455 e. The van der Waals surface area contributed by atoms with Gasteiger partial charge in [-0.1, -0.05) is 121 Å². The molecule has 0 fully saturated rings. The van der Waals surface area contributed by atoms with Crippen LogP contribution >= 0.6 is 0 Å². The first kappa shape index (κ1) is 28.1. The molecule has 12 aromatic rings. The van der Waals surface area contributed by atoms with E-state index in [9.17, 15) is 5.26 Å². The molecule has 0 amide bonds. The molecule has 7 heteroatoms. The quantitative estimate of drug-likeness (QED) is 0.174. The molecule has 7 nitrogen and oxygen atoms in total. The van der Waals surface area contributed by atoms with E-state index in [4.69, 9.17) is 26.2 Å². The van der Waals surface area contributed by atoms with E-state index in [1.165, 1.54) is 0 Å². The van der Waals surface area contributed by atoms with Gasteiger partial charge in [-0.05, 0) is 60.7 Å². The Morgan fingerprint density at radius 3 is 2.02 bits per heavy atom. The number of hydrogen-bond donors (Lipinski definition) is 0. The molecule has 0 atom stereocenters. The Kier molecular flexibility index (Phi) is 6.12. The second-order valence-corrected chi connectivity index (χ2v) is 14.3. The van der Waals surface area contributed by atoms with Crippen molar-refractivity contribution in [1.29, 1.82) is 5.26 Å². The average molecular weight is 760 g/mol. The number of fused-ring (bicyclic) bond motifs is 10. The van der Waals surface area contributed by atoms with E-state index in [-0.39, 0.29) is 23.0 Å². The molecule has 0 aliphatic heterocycles. The number of para-hydroxylation sites is 5. The Bertz CT molecular complexity index is 3970. The maximum atomic E-state index is 11.0. The van der Waals surface area contributed by atoms with Crippen LogP contribution < -0.4 is 0 Å². The van der Waals surface area contributed by atoms with Crippen LogP contribution in [0, 0.1) is 11.3 Å². The van der Waals surface area contributed by atoms with Crippen LogP contribution in [0.3, 0.4) is 0 Å². The fraction of sp³-hybridized carbons (Fsp3) is 0. The van der Waals surface area contributed by atoms with Crippen molar-refractivity contribution in [3.05, 3.63) is 187 Å². The van der Waals surface area contributed by atoms with Crippen LogP contribution in [0.15, 0.2) is 186 Å². The van der Waals surface area contributed by atoms with Crippen LogP contribution in [0.1, 0.15) is 12.4 Å². The van der Waals surface area contributed by atoms with E-state index in [1.54, 1.807) is 6.07 Å². The molecule has 59 heavy (non-hydrogen) atoms. The van der Waals surface area contributed by atoms with E-state index >= 15 is 0 Å². The van der Waals surface area contributed by atoms with Gasteiger partial charge in [-0.25, -0.2) is 15.0 Å². The number of hydrogen-bond acceptors (Lipinski definition) is 5. The molecule has 8 aromatic carbocycles. The highest BCUT2D eigenvalue weighted by Gasteiger charge is 2.23. The third-order valence-corrected chi connectivity index (χ3v) is 11.1. The second-order valence-electron chi connectivity index (χ2n) is 14.3. The molecule has 0 unspecified atom stereocenters. The molecule has 4 aromatic heterocycles. The van der Waals surface area contributed by atoms with Crippen molar-refractivity contribution in [1.82, 2.24) is 24.1 Å². The molecule has 0 spiro atoms. The van der Waals surface area contributed by atoms with Gasteiger partial charge in [-0.15, -0.1) is 0 Å². The lowest BCUT2D eigenvalue weighted by molar-refractivity contribution is 0.669. The number of nitrogens with zero attached hydrogens (tertiary/aromatic N) is 6. The van der Waals surface area contributed by atoms with Crippen LogP contribution in [0.4, 0.5) is 0 Å². The summed E-state index contributed by atoms with van der Waals surface area (Å²) in [6, 6.07) is 50.0. The van der Waals surface area contributed by atoms with Crippen molar-refractivity contribution in [2.24, 2.45) is 0 Å². The number of furan rings is 1. The molecule has 0 saturated heterocycles. The van der Waals surface area contributed by atoms with E-state index in [0.29, 0.717) is 33.5 Å². The van der Waals surface area contributed by atoms with Gasteiger partial charge in [0.25, 0.3) is 0 Å². The van der Waals surface area contributed by atoms with Gasteiger partial charge in [0, 0.05) is 49.1 Å². The predicted molar refractivity (Wildman–Crippen MR) is 237 cm³/mol. The monoisotopic (exact) mass is 759 g/mol. The topological polar surface area (TPSA) is 85.5 Å². The summed E-state index contributed by atoms with van der Waals surface area (Å²) in [5, 5.41) is 17.0. The Morgan fingerprint density at radius 2 is 1.20 bits per heavy atom. The Labute approximate surface area is 344 Å². The highest BCUT2D eigenvalue weighted by Crippen LogP contribution is 2.43. The largest absolute Gasteiger partial charge is 0.455 e. The first-order valence-corrected chi connectivity index (χ1v) is 19.1. The molecule has 0 aliphatic rings.